The van der Waals surface area contributed by atoms with Crippen molar-refractivity contribution in [1.82, 2.24) is 14.5 Å². The Balaban J connectivity index is 1.56. The van der Waals surface area contributed by atoms with Crippen molar-refractivity contribution in [1.29, 1.82) is 0 Å². The summed E-state index contributed by atoms with van der Waals surface area (Å²) >= 11 is 0. The molecule has 2 heterocycles. The number of piperidine rings is 2. The maximum absolute atomic E-state index is 13.1. The number of rotatable bonds is 7. The molecule has 9 nitrogen and oxygen atoms in total. The van der Waals surface area contributed by atoms with Crippen molar-refractivity contribution in [2.75, 3.05) is 32.8 Å². The van der Waals surface area contributed by atoms with Gasteiger partial charge in [0.15, 0.2) is 0 Å². The Bertz CT molecular complexity index is 984. The average Bonchev–Trinajstić information content (AvgIpc) is 2.84. The maximum Gasteiger partial charge on any atom is 0.338 e. The van der Waals surface area contributed by atoms with Gasteiger partial charge >= 0.3 is 5.97 Å². The first-order valence-electron chi connectivity index (χ1n) is 12.0. The molecule has 2 saturated heterocycles. The summed E-state index contributed by atoms with van der Waals surface area (Å²) in [5.74, 6) is -0.780. The van der Waals surface area contributed by atoms with Crippen LogP contribution in [0.3, 0.4) is 0 Å². The second kappa shape index (κ2) is 11.3. The second-order valence-corrected chi connectivity index (χ2v) is 11.1. The van der Waals surface area contributed by atoms with Crippen LogP contribution in [0.15, 0.2) is 29.2 Å². The summed E-state index contributed by atoms with van der Waals surface area (Å²) in [6.45, 7) is 7.34. The lowest BCUT2D eigenvalue weighted by atomic mass is 9.94. The molecular weight excluding hydrogens is 458 g/mol. The van der Waals surface area contributed by atoms with Crippen LogP contribution in [0.4, 0.5) is 0 Å². The lowest BCUT2D eigenvalue weighted by Crippen LogP contribution is -2.52. The normalized spacial score (nSPS) is 20.2. The molecule has 0 bridgehead atoms. The molecule has 0 saturated carbocycles. The van der Waals surface area contributed by atoms with Gasteiger partial charge in [0.25, 0.3) is 0 Å². The van der Waals surface area contributed by atoms with E-state index in [1.165, 1.54) is 28.6 Å². The highest BCUT2D eigenvalue weighted by atomic mass is 32.2. The highest BCUT2D eigenvalue weighted by Gasteiger charge is 2.35. The SMILES string of the molecule is CCOC(=O)c1ccc(S(=O)(=O)N2CCC(C(=O)N3CCCC(NC(=O)C(C)C)C3)CC2)cc1. The summed E-state index contributed by atoms with van der Waals surface area (Å²) in [4.78, 5) is 38.9. The fourth-order valence-electron chi connectivity index (χ4n) is 4.39. The highest BCUT2D eigenvalue weighted by molar-refractivity contribution is 7.89. The predicted octanol–water partition coefficient (Wildman–Crippen LogP) is 2.03. The summed E-state index contributed by atoms with van der Waals surface area (Å²) in [6.07, 6.45) is 2.61. The minimum atomic E-state index is -3.71. The molecule has 0 radical (unpaired) electrons. The summed E-state index contributed by atoms with van der Waals surface area (Å²) in [7, 11) is -3.71. The third kappa shape index (κ3) is 6.15. The number of ether oxygens (including phenoxy) is 1. The van der Waals surface area contributed by atoms with Gasteiger partial charge in [-0.15, -0.1) is 0 Å². The van der Waals surface area contributed by atoms with Crippen molar-refractivity contribution in [2.45, 2.75) is 57.4 Å². The van der Waals surface area contributed by atoms with Gasteiger partial charge in [0.05, 0.1) is 17.1 Å². The van der Waals surface area contributed by atoms with Crippen molar-refractivity contribution in [3.8, 4) is 0 Å². The Kier molecular flexibility index (Phi) is 8.70. The number of sulfonamides is 1. The second-order valence-electron chi connectivity index (χ2n) is 9.21. The third-order valence-electron chi connectivity index (χ3n) is 6.41. The molecule has 2 aliphatic heterocycles. The van der Waals surface area contributed by atoms with Crippen molar-refractivity contribution in [3.05, 3.63) is 29.8 Å². The van der Waals surface area contributed by atoms with E-state index in [0.717, 1.165) is 12.8 Å². The van der Waals surface area contributed by atoms with Crippen LogP contribution in [0.2, 0.25) is 0 Å². The summed E-state index contributed by atoms with van der Waals surface area (Å²) in [6, 6.07) is 5.69. The fraction of sp³-hybridized carbons (Fsp3) is 0.625. The topological polar surface area (TPSA) is 113 Å². The Morgan fingerprint density at radius 1 is 1.06 bits per heavy atom. The number of esters is 1. The van der Waals surface area contributed by atoms with Gasteiger partial charge in [0, 0.05) is 44.1 Å². The van der Waals surface area contributed by atoms with Gasteiger partial charge in [0.1, 0.15) is 0 Å². The molecule has 1 atom stereocenters. The van der Waals surface area contributed by atoms with Crippen molar-refractivity contribution in [3.63, 3.8) is 0 Å². The lowest BCUT2D eigenvalue weighted by molar-refractivity contribution is -0.139. The molecule has 2 amide bonds. The summed E-state index contributed by atoms with van der Waals surface area (Å²) < 4.78 is 32.4. The number of nitrogens with zero attached hydrogens (tertiary/aromatic N) is 2. The van der Waals surface area contributed by atoms with Crippen LogP contribution in [-0.4, -0.2) is 74.2 Å². The number of carbonyl (C=O) groups excluding carboxylic acids is 3. The van der Waals surface area contributed by atoms with Crippen LogP contribution >= 0.6 is 0 Å². The number of nitrogens with one attached hydrogen (secondary N) is 1. The zero-order chi connectivity index (χ0) is 24.9. The number of amides is 2. The lowest BCUT2D eigenvalue weighted by Gasteiger charge is -2.37. The fourth-order valence-corrected chi connectivity index (χ4v) is 5.86. The van der Waals surface area contributed by atoms with E-state index < -0.39 is 16.0 Å². The third-order valence-corrected chi connectivity index (χ3v) is 8.32. The Morgan fingerprint density at radius 2 is 1.71 bits per heavy atom. The first-order chi connectivity index (χ1) is 16.1. The average molecular weight is 494 g/mol. The summed E-state index contributed by atoms with van der Waals surface area (Å²) in [5, 5.41) is 3.02. The van der Waals surface area contributed by atoms with Crippen molar-refractivity contribution in [2.24, 2.45) is 11.8 Å². The molecule has 1 N–H and O–H groups in total. The minimum absolute atomic E-state index is 0.00639. The zero-order valence-electron chi connectivity index (χ0n) is 20.2. The molecular formula is C24H35N3O6S. The predicted molar refractivity (Wildman–Crippen MR) is 126 cm³/mol. The van der Waals surface area contributed by atoms with E-state index in [1.54, 1.807) is 6.92 Å². The van der Waals surface area contributed by atoms with E-state index >= 15 is 0 Å². The van der Waals surface area contributed by atoms with E-state index in [0.29, 0.717) is 31.5 Å². The van der Waals surface area contributed by atoms with Crippen LogP contribution < -0.4 is 5.32 Å². The monoisotopic (exact) mass is 493 g/mol. The molecule has 1 aromatic carbocycles. The Hall–Kier alpha value is -2.46. The van der Waals surface area contributed by atoms with Gasteiger partial charge in [-0.3, -0.25) is 9.59 Å². The molecule has 0 aliphatic carbocycles. The number of hydrogen-bond donors (Lipinski definition) is 1. The molecule has 2 aliphatic rings. The first kappa shape index (κ1) is 26.2. The highest BCUT2D eigenvalue weighted by Crippen LogP contribution is 2.26. The van der Waals surface area contributed by atoms with Crippen LogP contribution in [0.25, 0.3) is 0 Å². The number of carbonyl (C=O) groups is 3. The van der Waals surface area contributed by atoms with Crippen molar-refractivity contribution >= 4 is 27.8 Å². The van der Waals surface area contributed by atoms with Gasteiger partial charge in [-0.2, -0.15) is 4.31 Å². The summed E-state index contributed by atoms with van der Waals surface area (Å²) in [5.41, 5.74) is 0.300. The van der Waals surface area contributed by atoms with E-state index in [1.807, 2.05) is 18.7 Å². The van der Waals surface area contributed by atoms with Crippen molar-refractivity contribution < 1.29 is 27.5 Å². The quantitative estimate of drug-likeness (QED) is 0.582. The number of hydrogen-bond acceptors (Lipinski definition) is 6. The Morgan fingerprint density at radius 3 is 2.29 bits per heavy atom. The van der Waals surface area contributed by atoms with E-state index in [2.05, 4.69) is 5.32 Å². The van der Waals surface area contributed by atoms with Gasteiger partial charge in [0.2, 0.25) is 21.8 Å². The van der Waals surface area contributed by atoms with Gasteiger partial charge < -0.3 is 15.0 Å². The minimum Gasteiger partial charge on any atom is -0.462 e. The van der Waals surface area contributed by atoms with Crippen LogP contribution in [0, 0.1) is 11.8 Å². The van der Waals surface area contributed by atoms with E-state index in [9.17, 15) is 22.8 Å². The van der Waals surface area contributed by atoms with E-state index in [4.69, 9.17) is 4.74 Å². The van der Waals surface area contributed by atoms with Crippen LogP contribution in [0.5, 0.6) is 0 Å². The molecule has 1 aromatic rings. The van der Waals surface area contributed by atoms with E-state index in [-0.39, 0.29) is 54.3 Å². The first-order valence-corrected chi connectivity index (χ1v) is 13.4. The van der Waals surface area contributed by atoms with Crippen LogP contribution in [0.1, 0.15) is 56.8 Å². The zero-order valence-corrected chi connectivity index (χ0v) is 21.0. The molecule has 3 rings (SSSR count). The molecule has 1 unspecified atom stereocenters. The molecule has 34 heavy (non-hydrogen) atoms. The van der Waals surface area contributed by atoms with Gasteiger partial charge in [-0.1, -0.05) is 13.8 Å². The molecule has 10 heteroatoms. The largest absolute Gasteiger partial charge is 0.462 e. The van der Waals surface area contributed by atoms with Gasteiger partial charge in [-0.25, -0.2) is 13.2 Å². The molecule has 2 fully saturated rings. The molecule has 188 valence electrons. The standard InChI is InChI=1S/C24H35N3O6S/c1-4-33-24(30)19-7-9-21(10-8-19)34(31,32)27-14-11-18(12-15-27)23(29)26-13-5-6-20(16-26)25-22(28)17(2)3/h7-10,17-18,20H,4-6,11-16H2,1-3H3,(H,25,28). The Labute approximate surface area is 201 Å². The van der Waals surface area contributed by atoms with Gasteiger partial charge in [-0.05, 0) is 56.9 Å². The molecule has 0 spiro atoms. The number of benzene rings is 1. The number of likely N-dealkylation sites (tertiary alicyclic amines) is 1. The molecule has 0 aromatic heterocycles. The maximum atomic E-state index is 13.1. The van der Waals surface area contributed by atoms with Crippen LogP contribution in [-0.2, 0) is 24.3 Å². The smallest absolute Gasteiger partial charge is 0.338 e.